The molecule has 84 valence electrons. The summed E-state index contributed by atoms with van der Waals surface area (Å²) in [5.74, 6) is 0.0927. The zero-order valence-electron chi connectivity index (χ0n) is 9.36. The van der Waals surface area contributed by atoms with Crippen molar-refractivity contribution in [1.82, 2.24) is 4.90 Å². The van der Waals surface area contributed by atoms with E-state index in [2.05, 4.69) is 0 Å². The van der Waals surface area contributed by atoms with Gasteiger partial charge in [-0.05, 0) is 26.3 Å². The number of hydrogen-bond acceptors (Lipinski definition) is 3. The number of hydrogen-bond donors (Lipinski definition) is 2. The first-order chi connectivity index (χ1) is 6.49. The van der Waals surface area contributed by atoms with E-state index in [1.807, 2.05) is 6.92 Å². The van der Waals surface area contributed by atoms with Crippen LogP contribution in [-0.4, -0.2) is 42.2 Å². The molecule has 2 unspecified atom stereocenters. The highest BCUT2D eigenvalue weighted by Crippen LogP contribution is 2.05. The molecule has 1 amide bonds. The van der Waals surface area contributed by atoms with E-state index < -0.39 is 0 Å². The number of rotatable bonds is 6. The van der Waals surface area contributed by atoms with Gasteiger partial charge in [-0.3, -0.25) is 4.79 Å². The van der Waals surface area contributed by atoms with Crippen LogP contribution in [-0.2, 0) is 4.79 Å². The van der Waals surface area contributed by atoms with E-state index in [4.69, 9.17) is 10.8 Å². The third-order valence-electron chi connectivity index (χ3n) is 2.28. The third-order valence-corrected chi connectivity index (χ3v) is 2.28. The lowest BCUT2D eigenvalue weighted by molar-refractivity contribution is -0.134. The van der Waals surface area contributed by atoms with Gasteiger partial charge >= 0.3 is 0 Å². The summed E-state index contributed by atoms with van der Waals surface area (Å²) < 4.78 is 0. The van der Waals surface area contributed by atoms with Crippen LogP contribution in [0.3, 0.4) is 0 Å². The largest absolute Gasteiger partial charge is 0.393 e. The normalized spacial score (nSPS) is 14.9. The van der Waals surface area contributed by atoms with E-state index in [1.165, 1.54) is 0 Å². The topological polar surface area (TPSA) is 66.6 Å². The summed E-state index contributed by atoms with van der Waals surface area (Å²) in [5.41, 5.74) is 5.38. The van der Waals surface area contributed by atoms with Crippen molar-refractivity contribution < 1.29 is 9.90 Å². The van der Waals surface area contributed by atoms with Gasteiger partial charge in [0.1, 0.15) is 0 Å². The molecule has 4 heteroatoms. The molecule has 0 fully saturated rings. The Morgan fingerprint density at radius 1 is 1.43 bits per heavy atom. The van der Waals surface area contributed by atoms with Gasteiger partial charge in [-0.25, -0.2) is 0 Å². The predicted molar refractivity (Wildman–Crippen MR) is 56.8 cm³/mol. The van der Waals surface area contributed by atoms with E-state index in [0.29, 0.717) is 19.5 Å². The van der Waals surface area contributed by atoms with E-state index in [9.17, 15) is 4.79 Å². The molecule has 0 aliphatic rings. The van der Waals surface area contributed by atoms with Crippen molar-refractivity contribution in [2.45, 2.75) is 32.8 Å². The van der Waals surface area contributed by atoms with Gasteiger partial charge < -0.3 is 15.7 Å². The Labute approximate surface area is 86.1 Å². The molecule has 0 aliphatic heterocycles. The van der Waals surface area contributed by atoms with E-state index in [-0.39, 0.29) is 17.9 Å². The van der Waals surface area contributed by atoms with Crippen LogP contribution in [0.2, 0.25) is 0 Å². The third kappa shape index (κ3) is 5.19. The van der Waals surface area contributed by atoms with Crippen LogP contribution in [0, 0.1) is 5.92 Å². The van der Waals surface area contributed by atoms with Gasteiger partial charge in [-0.2, -0.15) is 0 Å². The predicted octanol–water partition coefficient (Wildman–Crippen LogP) is 0.201. The van der Waals surface area contributed by atoms with Crippen molar-refractivity contribution in [3.8, 4) is 0 Å². The number of nitrogens with two attached hydrogens (primary N) is 1. The lowest BCUT2D eigenvalue weighted by Crippen LogP contribution is -2.34. The molecule has 0 heterocycles. The summed E-state index contributed by atoms with van der Waals surface area (Å²) in [7, 11) is 1.76. The van der Waals surface area contributed by atoms with Crippen LogP contribution >= 0.6 is 0 Å². The quantitative estimate of drug-likeness (QED) is 0.646. The minimum Gasteiger partial charge on any atom is -0.393 e. The van der Waals surface area contributed by atoms with Crippen LogP contribution in [0.15, 0.2) is 0 Å². The Morgan fingerprint density at radius 3 is 2.43 bits per heavy atom. The van der Waals surface area contributed by atoms with Crippen LogP contribution in [0.1, 0.15) is 26.7 Å². The van der Waals surface area contributed by atoms with Crippen LogP contribution < -0.4 is 5.73 Å². The molecular formula is C10H22N2O2. The summed E-state index contributed by atoms with van der Waals surface area (Å²) in [6.07, 6.45) is 0.991. The first-order valence-corrected chi connectivity index (χ1v) is 5.12. The van der Waals surface area contributed by atoms with Crippen LogP contribution in [0.25, 0.3) is 0 Å². The lowest BCUT2D eigenvalue weighted by atomic mass is 10.1. The highest BCUT2D eigenvalue weighted by Gasteiger charge is 2.16. The van der Waals surface area contributed by atoms with Gasteiger partial charge in [-0.15, -0.1) is 0 Å². The Hall–Kier alpha value is -0.610. The molecule has 14 heavy (non-hydrogen) atoms. The zero-order valence-corrected chi connectivity index (χ0v) is 9.36. The van der Waals surface area contributed by atoms with Crippen molar-refractivity contribution in [3.05, 3.63) is 0 Å². The molecule has 0 saturated heterocycles. The molecule has 0 aromatic carbocycles. The number of aliphatic hydroxyl groups excluding tert-OH is 1. The fourth-order valence-corrected chi connectivity index (χ4v) is 1.24. The maximum atomic E-state index is 11.6. The van der Waals surface area contributed by atoms with Gasteiger partial charge in [0.15, 0.2) is 0 Å². The van der Waals surface area contributed by atoms with Gasteiger partial charge in [-0.1, -0.05) is 6.92 Å². The molecule has 0 aliphatic carbocycles. The highest BCUT2D eigenvalue weighted by atomic mass is 16.3. The fraction of sp³-hybridized carbons (Fsp3) is 0.900. The van der Waals surface area contributed by atoms with Gasteiger partial charge in [0.25, 0.3) is 0 Å². The lowest BCUT2D eigenvalue weighted by Gasteiger charge is -2.21. The van der Waals surface area contributed by atoms with Crippen LogP contribution in [0.5, 0.6) is 0 Å². The minimum absolute atomic E-state index is 0.0148. The number of carbonyl (C=O) groups is 1. The second-order valence-corrected chi connectivity index (χ2v) is 3.88. The molecule has 3 N–H and O–H groups in total. The maximum absolute atomic E-state index is 11.6. The van der Waals surface area contributed by atoms with Crippen molar-refractivity contribution in [2.75, 3.05) is 20.1 Å². The Kier molecular flexibility index (Phi) is 6.49. The first-order valence-electron chi connectivity index (χ1n) is 5.12. The summed E-state index contributed by atoms with van der Waals surface area (Å²) in [4.78, 5) is 13.3. The van der Waals surface area contributed by atoms with Crippen molar-refractivity contribution in [3.63, 3.8) is 0 Å². The molecular weight excluding hydrogens is 180 g/mol. The van der Waals surface area contributed by atoms with Crippen molar-refractivity contribution in [2.24, 2.45) is 11.7 Å². The molecule has 0 spiro atoms. The average molecular weight is 202 g/mol. The molecule has 2 atom stereocenters. The summed E-state index contributed by atoms with van der Waals surface area (Å²) in [5, 5.41) is 9.07. The van der Waals surface area contributed by atoms with Crippen molar-refractivity contribution in [1.29, 1.82) is 0 Å². The van der Waals surface area contributed by atoms with Gasteiger partial charge in [0.2, 0.25) is 5.91 Å². The molecule has 0 bridgehead atoms. The monoisotopic (exact) mass is 202 g/mol. The summed E-state index contributed by atoms with van der Waals surface area (Å²) >= 11 is 0. The SMILES string of the molecule is CC(O)CCN(C)C(=O)C(C)CCN. The van der Waals surface area contributed by atoms with Crippen LogP contribution in [0.4, 0.5) is 0 Å². The molecule has 0 radical (unpaired) electrons. The molecule has 0 aromatic heterocycles. The summed E-state index contributed by atoms with van der Waals surface area (Å²) in [6, 6.07) is 0. The van der Waals surface area contributed by atoms with Gasteiger partial charge in [0, 0.05) is 19.5 Å². The Balaban J connectivity index is 3.86. The first kappa shape index (κ1) is 13.4. The maximum Gasteiger partial charge on any atom is 0.225 e. The average Bonchev–Trinajstić information content (AvgIpc) is 2.13. The fourth-order valence-electron chi connectivity index (χ4n) is 1.24. The highest BCUT2D eigenvalue weighted by molar-refractivity contribution is 5.78. The number of nitrogens with zero attached hydrogens (tertiary/aromatic N) is 1. The van der Waals surface area contributed by atoms with Crippen molar-refractivity contribution >= 4 is 5.91 Å². The molecule has 0 rings (SSSR count). The standard InChI is InChI=1S/C10H22N2O2/c1-8(4-6-11)10(14)12(3)7-5-9(2)13/h8-9,13H,4-7,11H2,1-3H3. The second kappa shape index (κ2) is 6.79. The molecule has 0 aromatic rings. The second-order valence-electron chi connectivity index (χ2n) is 3.88. The smallest absolute Gasteiger partial charge is 0.225 e. The van der Waals surface area contributed by atoms with E-state index in [1.54, 1.807) is 18.9 Å². The Morgan fingerprint density at radius 2 is 2.00 bits per heavy atom. The zero-order chi connectivity index (χ0) is 11.1. The van der Waals surface area contributed by atoms with Gasteiger partial charge in [0.05, 0.1) is 6.10 Å². The minimum atomic E-state index is -0.352. The number of aliphatic hydroxyl groups is 1. The van der Waals surface area contributed by atoms with E-state index in [0.717, 1.165) is 6.42 Å². The summed E-state index contributed by atoms with van der Waals surface area (Å²) in [6.45, 7) is 4.75. The Bertz CT molecular complexity index is 172. The molecule has 0 saturated carbocycles. The number of carbonyl (C=O) groups excluding carboxylic acids is 1. The van der Waals surface area contributed by atoms with E-state index >= 15 is 0 Å². The molecule has 4 nitrogen and oxygen atoms in total. The number of amides is 1.